The van der Waals surface area contributed by atoms with E-state index in [-0.39, 0.29) is 16.7 Å². The normalized spacial score (nSPS) is 11.4. The van der Waals surface area contributed by atoms with Crippen molar-refractivity contribution in [3.63, 3.8) is 0 Å². The number of phenols is 1. The third-order valence-corrected chi connectivity index (χ3v) is 5.61. The van der Waals surface area contributed by atoms with Crippen LogP contribution in [0.4, 0.5) is 0 Å². The summed E-state index contributed by atoms with van der Waals surface area (Å²) in [5.74, 6) is -0.422. The molecule has 0 aliphatic rings. The smallest absolute Gasteiger partial charge is 0.341 e. The summed E-state index contributed by atoms with van der Waals surface area (Å²) in [4.78, 5) is 12.5. The quantitative estimate of drug-likeness (QED) is 0.408. The number of aryl methyl sites for hydroxylation is 2. The van der Waals surface area contributed by atoms with Gasteiger partial charge in [0, 0.05) is 5.56 Å². The lowest BCUT2D eigenvalue weighted by molar-refractivity contribution is 0.0501. The van der Waals surface area contributed by atoms with Crippen LogP contribution >= 0.6 is 0 Å². The number of hydrogen-bond acceptors (Lipinski definition) is 3. The molecule has 3 heteroatoms. The molecule has 3 aromatic carbocycles. The zero-order valence-corrected chi connectivity index (χ0v) is 19.7. The summed E-state index contributed by atoms with van der Waals surface area (Å²) in [5.41, 5.74) is 5.64. The molecule has 0 spiro atoms. The molecule has 0 aromatic heterocycles. The fourth-order valence-electron chi connectivity index (χ4n) is 3.78. The second kappa shape index (κ2) is 10.5. The molecule has 3 rings (SSSR count). The molecule has 0 saturated carbocycles. The van der Waals surface area contributed by atoms with Crippen molar-refractivity contribution in [2.75, 3.05) is 6.61 Å². The van der Waals surface area contributed by atoms with Crippen LogP contribution in [0.15, 0.2) is 66.7 Å². The lowest BCUT2D eigenvalue weighted by Crippen LogP contribution is -2.15. The molecular weight excluding hydrogens is 396 g/mol. The molecule has 3 aromatic rings. The van der Waals surface area contributed by atoms with E-state index in [0.717, 1.165) is 36.8 Å². The first-order chi connectivity index (χ1) is 15.3. The number of ether oxygens (including phenoxy) is 1. The second-order valence-electron chi connectivity index (χ2n) is 9.40. The monoisotopic (exact) mass is 430 g/mol. The van der Waals surface area contributed by atoms with Gasteiger partial charge in [-0.1, -0.05) is 88.4 Å². The Hall–Kier alpha value is -3.07. The fourth-order valence-corrected chi connectivity index (χ4v) is 3.78. The first kappa shape index (κ1) is 23.6. The number of rotatable bonds is 8. The van der Waals surface area contributed by atoms with Crippen molar-refractivity contribution in [3.05, 3.63) is 100 Å². The van der Waals surface area contributed by atoms with Crippen molar-refractivity contribution in [1.82, 2.24) is 0 Å². The average Bonchev–Trinajstić information content (AvgIpc) is 2.77. The maximum absolute atomic E-state index is 12.5. The number of carbonyl (C=O) groups excluding carboxylic acids is 1. The van der Waals surface area contributed by atoms with Crippen LogP contribution in [0.1, 0.15) is 72.3 Å². The first-order valence-electron chi connectivity index (χ1n) is 11.4. The molecule has 32 heavy (non-hydrogen) atoms. The Balaban J connectivity index is 1.75. The maximum Gasteiger partial charge on any atom is 0.341 e. The van der Waals surface area contributed by atoms with Gasteiger partial charge in [0.2, 0.25) is 0 Å². The van der Waals surface area contributed by atoms with Crippen molar-refractivity contribution in [1.29, 1.82) is 0 Å². The van der Waals surface area contributed by atoms with Gasteiger partial charge in [0.05, 0.1) is 6.61 Å². The molecular formula is C29H34O3. The van der Waals surface area contributed by atoms with Crippen LogP contribution < -0.4 is 0 Å². The van der Waals surface area contributed by atoms with E-state index in [2.05, 4.69) is 48.5 Å². The highest BCUT2D eigenvalue weighted by Crippen LogP contribution is 2.35. The molecule has 0 bridgehead atoms. The minimum absolute atomic E-state index is 0.0348. The topological polar surface area (TPSA) is 46.5 Å². The molecule has 0 aliphatic carbocycles. The van der Waals surface area contributed by atoms with Gasteiger partial charge in [0.15, 0.2) is 0 Å². The highest BCUT2D eigenvalue weighted by molar-refractivity contribution is 5.93. The number of hydrogen-bond donors (Lipinski definition) is 1. The number of carbonyl (C=O) groups is 1. The van der Waals surface area contributed by atoms with E-state index >= 15 is 0 Å². The number of aromatic hydroxyl groups is 1. The third kappa shape index (κ3) is 6.23. The maximum atomic E-state index is 12.5. The van der Waals surface area contributed by atoms with E-state index < -0.39 is 5.97 Å². The molecule has 0 saturated heterocycles. The Bertz CT molecular complexity index is 1030. The van der Waals surface area contributed by atoms with Crippen LogP contribution in [-0.4, -0.2) is 17.7 Å². The molecule has 0 fully saturated rings. The minimum atomic E-state index is -0.457. The summed E-state index contributed by atoms with van der Waals surface area (Å²) < 4.78 is 5.31. The van der Waals surface area contributed by atoms with Crippen molar-refractivity contribution >= 4 is 5.97 Å². The predicted octanol–water partition coefficient (Wildman–Crippen LogP) is 6.63. The van der Waals surface area contributed by atoms with Gasteiger partial charge in [-0.05, 0) is 59.4 Å². The Kier molecular flexibility index (Phi) is 7.74. The van der Waals surface area contributed by atoms with E-state index in [4.69, 9.17) is 4.74 Å². The Morgan fingerprint density at radius 2 is 1.44 bits per heavy atom. The average molecular weight is 431 g/mol. The Morgan fingerprint density at radius 1 is 0.844 bits per heavy atom. The van der Waals surface area contributed by atoms with Gasteiger partial charge in [-0.15, -0.1) is 0 Å². The summed E-state index contributed by atoms with van der Waals surface area (Å²) in [7, 11) is 0. The molecule has 0 unspecified atom stereocenters. The molecule has 0 amide bonds. The molecule has 0 atom stereocenters. The van der Waals surface area contributed by atoms with Crippen molar-refractivity contribution in [2.24, 2.45) is 0 Å². The van der Waals surface area contributed by atoms with Gasteiger partial charge in [-0.2, -0.15) is 0 Å². The zero-order valence-electron chi connectivity index (χ0n) is 19.7. The summed E-state index contributed by atoms with van der Waals surface area (Å²) in [6.07, 6.45) is 3.33. The van der Waals surface area contributed by atoms with E-state index in [0.29, 0.717) is 6.61 Å². The molecule has 168 valence electrons. The molecule has 1 N–H and O–H groups in total. The summed E-state index contributed by atoms with van der Waals surface area (Å²) >= 11 is 0. The molecule has 0 radical (unpaired) electrons. The largest absolute Gasteiger partial charge is 0.507 e. The van der Waals surface area contributed by atoms with Crippen molar-refractivity contribution < 1.29 is 14.6 Å². The minimum Gasteiger partial charge on any atom is -0.507 e. The Labute approximate surface area is 192 Å². The Morgan fingerprint density at radius 3 is 2.06 bits per heavy atom. The SMILES string of the molecule is CCCOC(=O)c1cc(CCc2ccc(Cc3ccccc3)cc2)cc(C(C)(C)C)c1O. The van der Waals surface area contributed by atoms with E-state index in [1.165, 1.54) is 16.7 Å². The van der Waals surface area contributed by atoms with Crippen LogP contribution in [0.25, 0.3) is 0 Å². The first-order valence-corrected chi connectivity index (χ1v) is 11.4. The summed E-state index contributed by atoms with van der Waals surface area (Å²) in [6, 6.07) is 23.0. The van der Waals surface area contributed by atoms with Gasteiger partial charge in [-0.25, -0.2) is 4.79 Å². The number of phenolic OH excluding ortho intramolecular Hbond substituents is 1. The summed E-state index contributed by atoms with van der Waals surface area (Å²) in [5, 5.41) is 10.8. The highest BCUT2D eigenvalue weighted by Gasteiger charge is 2.24. The number of benzene rings is 3. The van der Waals surface area contributed by atoms with Crippen LogP contribution in [0.5, 0.6) is 5.75 Å². The van der Waals surface area contributed by atoms with E-state index in [1.54, 1.807) is 6.07 Å². The lowest BCUT2D eigenvalue weighted by Gasteiger charge is -2.23. The third-order valence-electron chi connectivity index (χ3n) is 5.61. The van der Waals surface area contributed by atoms with Crippen LogP contribution in [0.2, 0.25) is 0 Å². The van der Waals surface area contributed by atoms with Gasteiger partial charge < -0.3 is 9.84 Å². The molecule has 3 nitrogen and oxygen atoms in total. The standard InChI is InChI=1S/C29H34O3/c1-5-17-32-28(31)25-19-24(20-26(27(25)30)29(2,3)4)16-13-21-11-14-23(15-12-21)18-22-9-7-6-8-10-22/h6-12,14-15,19-20,30H,5,13,16-18H2,1-4H3. The predicted molar refractivity (Wildman–Crippen MR) is 130 cm³/mol. The van der Waals surface area contributed by atoms with Gasteiger partial charge in [0.1, 0.15) is 11.3 Å². The van der Waals surface area contributed by atoms with E-state index in [9.17, 15) is 9.90 Å². The van der Waals surface area contributed by atoms with Gasteiger partial charge in [0.25, 0.3) is 0 Å². The van der Waals surface area contributed by atoms with Crippen molar-refractivity contribution in [2.45, 2.75) is 58.8 Å². The van der Waals surface area contributed by atoms with Gasteiger partial charge >= 0.3 is 5.97 Å². The zero-order chi connectivity index (χ0) is 23.1. The van der Waals surface area contributed by atoms with Crippen LogP contribution in [-0.2, 0) is 29.4 Å². The second-order valence-corrected chi connectivity index (χ2v) is 9.40. The van der Waals surface area contributed by atoms with E-state index in [1.807, 2.05) is 39.8 Å². The molecule has 0 aliphatic heterocycles. The fraction of sp³-hybridized carbons (Fsp3) is 0.345. The van der Waals surface area contributed by atoms with Crippen molar-refractivity contribution in [3.8, 4) is 5.75 Å². The lowest BCUT2D eigenvalue weighted by atomic mass is 9.83. The van der Waals surface area contributed by atoms with Crippen LogP contribution in [0.3, 0.4) is 0 Å². The molecule has 0 heterocycles. The van der Waals surface area contributed by atoms with Crippen LogP contribution in [0, 0.1) is 0 Å². The summed E-state index contributed by atoms with van der Waals surface area (Å²) in [6.45, 7) is 8.42. The number of esters is 1. The van der Waals surface area contributed by atoms with Gasteiger partial charge in [-0.3, -0.25) is 0 Å². The highest BCUT2D eigenvalue weighted by atomic mass is 16.5.